The van der Waals surface area contributed by atoms with Gasteiger partial charge in [-0.1, -0.05) is 6.07 Å². The monoisotopic (exact) mass is 462 g/mol. The fourth-order valence-corrected chi connectivity index (χ4v) is 5.34. The van der Waals surface area contributed by atoms with E-state index in [9.17, 15) is 23.2 Å². The number of alkyl halides is 2. The molecule has 11 heteroatoms. The highest BCUT2D eigenvalue weighted by molar-refractivity contribution is 6.11. The topological polar surface area (TPSA) is 82.8 Å². The Hall–Kier alpha value is -2.79. The van der Waals surface area contributed by atoms with E-state index in [-0.39, 0.29) is 31.2 Å². The lowest BCUT2D eigenvalue weighted by Crippen LogP contribution is -2.61. The summed E-state index contributed by atoms with van der Waals surface area (Å²) in [6.07, 6.45) is 1.34. The van der Waals surface area contributed by atoms with E-state index in [0.29, 0.717) is 56.6 Å². The number of nitrogens with zero attached hydrogens (tertiary/aromatic N) is 5. The smallest absolute Gasteiger partial charge is 0.348 e. The van der Waals surface area contributed by atoms with Gasteiger partial charge in [0.05, 0.1) is 29.3 Å². The first-order chi connectivity index (χ1) is 15.8. The van der Waals surface area contributed by atoms with Crippen molar-refractivity contribution in [2.45, 2.75) is 37.6 Å². The van der Waals surface area contributed by atoms with Crippen LogP contribution in [0.4, 0.5) is 14.5 Å². The van der Waals surface area contributed by atoms with Gasteiger partial charge in [0.2, 0.25) is 11.8 Å². The van der Waals surface area contributed by atoms with Crippen molar-refractivity contribution in [3.8, 4) is 0 Å². The maximum Gasteiger partial charge on any atom is 0.348 e. The highest BCUT2D eigenvalue weighted by Gasteiger charge is 2.45. The number of carbonyl (C=O) groups excluding carboxylic acids is 2. The third-order valence-corrected chi connectivity index (χ3v) is 7.02. The van der Waals surface area contributed by atoms with E-state index in [1.807, 2.05) is 11.0 Å². The minimum Gasteiger partial charge on any atom is -0.367 e. The zero-order valence-corrected chi connectivity index (χ0v) is 18.6. The zero-order chi connectivity index (χ0) is 23.3. The summed E-state index contributed by atoms with van der Waals surface area (Å²) in [6, 6.07) is 4.64. The van der Waals surface area contributed by atoms with E-state index in [0.717, 1.165) is 10.7 Å². The molecular formula is C22H28F2N6O3. The second-order valence-electron chi connectivity index (χ2n) is 9.02. The van der Waals surface area contributed by atoms with Crippen molar-refractivity contribution in [1.82, 2.24) is 19.5 Å². The molecule has 3 fully saturated rings. The van der Waals surface area contributed by atoms with Crippen molar-refractivity contribution in [1.29, 1.82) is 0 Å². The summed E-state index contributed by atoms with van der Waals surface area (Å²) in [5, 5.41) is 3.74. The lowest BCUT2D eigenvalue weighted by molar-refractivity contribution is -0.131. The Morgan fingerprint density at radius 2 is 1.73 bits per heavy atom. The molecule has 33 heavy (non-hydrogen) atoms. The largest absolute Gasteiger partial charge is 0.367 e. The quantitative estimate of drug-likeness (QED) is 0.674. The minimum atomic E-state index is -2.75. The molecule has 1 atom stereocenters. The average Bonchev–Trinajstić information content (AvgIpc) is 3.04. The number of aryl methyl sites for hydroxylation is 1. The van der Waals surface area contributed by atoms with Gasteiger partial charge in [0.15, 0.2) is 0 Å². The molecular weight excluding hydrogens is 434 g/mol. The normalized spacial score (nSPS) is 24.6. The number of amides is 2. The highest BCUT2D eigenvalue weighted by atomic mass is 19.3. The number of hydrogen-bond acceptors (Lipinski definition) is 6. The number of para-hydroxylation sites is 1. The number of piperazine rings is 1. The van der Waals surface area contributed by atoms with E-state index >= 15 is 0 Å². The molecule has 3 aliphatic heterocycles. The molecule has 2 amide bonds. The summed E-state index contributed by atoms with van der Waals surface area (Å²) in [7, 11) is 1.62. The third-order valence-electron chi connectivity index (χ3n) is 7.02. The predicted molar refractivity (Wildman–Crippen MR) is 119 cm³/mol. The van der Waals surface area contributed by atoms with Crippen molar-refractivity contribution in [2.24, 2.45) is 7.05 Å². The van der Waals surface area contributed by atoms with Crippen molar-refractivity contribution >= 4 is 28.5 Å². The Morgan fingerprint density at radius 3 is 2.39 bits per heavy atom. The van der Waals surface area contributed by atoms with Crippen molar-refractivity contribution in [3.05, 3.63) is 28.7 Å². The molecule has 5 rings (SSSR count). The van der Waals surface area contributed by atoms with Gasteiger partial charge in [-0.05, 0) is 31.5 Å². The maximum absolute atomic E-state index is 14.4. The number of imidazole rings is 1. The number of rotatable bonds is 3. The number of halogens is 2. The molecule has 9 nitrogen and oxygen atoms in total. The summed E-state index contributed by atoms with van der Waals surface area (Å²) in [5.41, 5.74) is 1.43. The van der Waals surface area contributed by atoms with Crippen LogP contribution >= 0.6 is 0 Å². The van der Waals surface area contributed by atoms with Crippen LogP contribution in [-0.2, 0) is 16.6 Å². The molecule has 1 aromatic heterocycles. The van der Waals surface area contributed by atoms with Crippen LogP contribution in [0.3, 0.4) is 0 Å². The fourth-order valence-electron chi connectivity index (χ4n) is 5.34. The average molecular weight is 463 g/mol. The van der Waals surface area contributed by atoms with Crippen LogP contribution in [0.25, 0.3) is 11.0 Å². The van der Waals surface area contributed by atoms with Gasteiger partial charge in [-0.3, -0.25) is 19.1 Å². The van der Waals surface area contributed by atoms with E-state index in [4.69, 9.17) is 0 Å². The van der Waals surface area contributed by atoms with Crippen LogP contribution in [0.15, 0.2) is 23.0 Å². The molecule has 0 spiro atoms. The van der Waals surface area contributed by atoms with E-state index in [2.05, 4.69) is 10.2 Å². The number of aromatic nitrogens is 2. The summed E-state index contributed by atoms with van der Waals surface area (Å²) < 4.78 is 31.4. The number of hydrogen-bond donors (Lipinski definition) is 1. The van der Waals surface area contributed by atoms with Gasteiger partial charge in [-0.2, -0.15) is 9.69 Å². The first-order valence-corrected chi connectivity index (χ1v) is 11.4. The van der Waals surface area contributed by atoms with Crippen LogP contribution in [0.5, 0.6) is 0 Å². The first-order valence-electron chi connectivity index (χ1n) is 11.4. The third kappa shape index (κ3) is 3.63. The summed E-state index contributed by atoms with van der Waals surface area (Å²) >= 11 is 0. The van der Waals surface area contributed by atoms with Crippen molar-refractivity contribution < 1.29 is 18.4 Å². The molecule has 3 saturated heterocycles. The molecule has 1 N–H and O–H groups in total. The zero-order valence-electron chi connectivity index (χ0n) is 18.6. The number of carbonyl (C=O) groups is 2. The number of anilines is 1. The van der Waals surface area contributed by atoms with Crippen LogP contribution in [0.2, 0.25) is 0 Å². The Labute approximate surface area is 189 Å². The van der Waals surface area contributed by atoms with Gasteiger partial charge in [0.1, 0.15) is 0 Å². The number of nitrogens with one attached hydrogen (secondary N) is 1. The Balaban J connectivity index is 1.45. The van der Waals surface area contributed by atoms with E-state index in [1.54, 1.807) is 19.2 Å². The second kappa shape index (κ2) is 8.21. The maximum atomic E-state index is 14.4. The van der Waals surface area contributed by atoms with E-state index < -0.39 is 17.7 Å². The van der Waals surface area contributed by atoms with Crippen molar-refractivity contribution in [2.75, 3.05) is 49.2 Å². The Bertz CT molecular complexity index is 1130. The molecule has 4 heterocycles. The molecule has 1 aromatic carbocycles. The predicted octanol–water partition coefficient (Wildman–Crippen LogP) is 0.634. The van der Waals surface area contributed by atoms with Crippen LogP contribution in [0, 0.1) is 0 Å². The summed E-state index contributed by atoms with van der Waals surface area (Å²) in [4.78, 5) is 42.0. The standard InChI is InChI=1S/C22H28F2N6O3/c1-26-20-15(27-10-12-28(13-11-27)17-8-9-25-14-22(17,23)24)4-2-5-16(20)29(21(26)33)30-18(31)6-3-7-19(30)32/h2,4-5,17,25H,3,6-14H2,1H3. The van der Waals surface area contributed by atoms with Gasteiger partial charge in [0.25, 0.3) is 5.92 Å². The second-order valence-corrected chi connectivity index (χ2v) is 9.02. The number of piperidine rings is 2. The SMILES string of the molecule is Cn1c(=O)n(N2C(=O)CCCC2=O)c2cccc(N3CCN(C4CCNCC4(F)F)CC3)c21. The highest BCUT2D eigenvalue weighted by Crippen LogP contribution is 2.31. The fraction of sp³-hybridized carbons (Fsp3) is 0.591. The molecule has 0 saturated carbocycles. The van der Waals surface area contributed by atoms with Crippen LogP contribution in [0.1, 0.15) is 25.7 Å². The van der Waals surface area contributed by atoms with Crippen LogP contribution in [-0.4, -0.2) is 77.2 Å². The van der Waals surface area contributed by atoms with Crippen molar-refractivity contribution in [3.63, 3.8) is 0 Å². The van der Waals surface area contributed by atoms with E-state index in [1.165, 1.54) is 9.24 Å². The molecule has 1 unspecified atom stereocenters. The van der Waals surface area contributed by atoms with Gasteiger partial charge in [-0.25, -0.2) is 13.6 Å². The lowest BCUT2D eigenvalue weighted by Gasteiger charge is -2.44. The minimum absolute atomic E-state index is 0.220. The molecule has 0 aliphatic carbocycles. The van der Waals surface area contributed by atoms with Gasteiger partial charge < -0.3 is 10.2 Å². The van der Waals surface area contributed by atoms with Crippen LogP contribution < -0.4 is 20.9 Å². The Morgan fingerprint density at radius 1 is 1.03 bits per heavy atom. The lowest BCUT2D eigenvalue weighted by atomic mass is 9.99. The first kappa shape index (κ1) is 22.0. The summed E-state index contributed by atoms with van der Waals surface area (Å²) in [6.45, 7) is 2.37. The van der Waals surface area contributed by atoms with Gasteiger partial charge in [-0.15, -0.1) is 0 Å². The Kier molecular flexibility index (Phi) is 5.48. The number of fused-ring (bicyclic) bond motifs is 1. The molecule has 2 aromatic rings. The summed E-state index contributed by atoms with van der Waals surface area (Å²) in [5.74, 6) is -3.53. The number of imide groups is 1. The molecule has 0 bridgehead atoms. The molecule has 0 radical (unpaired) electrons. The molecule has 3 aliphatic rings. The van der Waals surface area contributed by atoms with Gasteiger partial charge >= 0.3 is 5.69 Å². The molecule has 178 valence electrons. The number of benzene rings is 1. The van der Waals surface area contributed by atoms with Gasteiger partial charge in [0, 0.05) is 46.1 Å².